The molecule has 1 saturated heterocycles. The highest BCUT2D eigenvalue weighted by atomic mass is 19.1. The van der Waals surface area contributed by atoms with Gasteiger partial charge in [-0.15, -0.1) is 0 Å². The van der Waals surface area contributed by atoms with Crippen LogP contribution >= 0.6 is 0 Å². The Labute approximate surface area is 221 Å². The van der Waals surface area contributed by atoms with Crippen LogP contribution in [-0.4, -0.2) is 42.1 Å². The second-order valence-corrected chi connectivity index (χ2v) is 8.55. The van der Waals surface area contributed by atoms with Gasteiger partial charge in [-0.1, -0.05) is 12.1 Å². The molecule has 4 amide bonds. The molecule has 2 heterocycles. The highest BCUT2D eigenvalue weighted by Crippen LogP contribution is 2.31. The predicted molar refractivity (Wildman–Crippen MR) is 135 cm³/mol. The molecule has 0 atom stereocenters. The molecule has 0 saturated carbocycles. The summed E-state index contributed by atoms with van der Waals surface area (Å²) in [6.07, 6.45) is 1.43. The number of urea groups is 1. The summed E-state index contributed by atoms with van der Waals surface area (Å²) >= 11 is 0. The molecule has 10 nitrogen and oxygen atoms in total. The Morgan fingerprint density at radius 1 is 0.872 bits per heavy atom. The molecule has 0 spiro atoms. The summed E-state index contributed by atoms with van der Waals surface area (Å²) in [5.74, 6) is -0.0625. The van der Waals surface area contributed by atoms with Crippen LogP contribution in [0.3, 0.4) is 0 Å². The summed E-state index contributed by atoms with van der Waals surface area (Å²) in [7, 11) is 1.42. The number of benzene rings is 3. The highest BCUT2D eigenvalue weighted by Gasteiger charge is 2.52. The van der Waals surface area contributed by atoms with Crippen LogP contribution in [0.4, 0.5) is 9.18 Å². The first kappa shape index (κ1) is 25.6. The molecule has 0 unspecified atom stereocenters. The van der Waals surface area contributed by atoms with Crippen LogP contribution in [0.25, 0.3) is 22.8 Å². The lowest BCUT2D eigenvalue weighted by molar-refractivity contribution is -0.153. The average molecular weight is 531 g/mol. The molecule has 3 aromatic carbocycles. The largest absolute Gasteiger partial charge is 0.467 e. The molecule has 0 radical (unpaired) electrons. The van der Waals surface area contributed by atoms with Crippen LogP contribution in [0.1, 0.15) is 6.42 Å². The summed E-state index contributed by atoms with van der Waals surface area (Å²) in [6.45, 7) is 0.0475. The standard InChI is InChI=1S/C28H22FN3O7/c1-36-14-13-28(25(33)31-27(35)32-26(28)34)39-22-11-9-21(10-12-22)37-20-7-5-17(6-8-20)24-30-16-23(38-24)18-3-2-4-19(29)15-18/h2-12,15-16H,13-14H2,1H3,(H2,31,32,33,34,35). The Hall–Kier alpha value is -5.03. The number of methoxy groups -OCH3 is 1. The van der Waals surface area contributed by atoms with E-state index < -0.39 is 23.4 Å². The van der Waals surface area contributed by atoms with Crippen molar-refractivity contribution in [1.82, 2.24) is 15.6 Å². The summed E-state index contributed by atoms with van der Waals surface area (Å²) in [5, 5.41) is 4.12. The Balaban J connectivity index is 1.26. The molecule has 39 heavy (non-hydrogen) atoms. The average Bonchev–Trinajstić information content (AvgIpc) is 3.42. The maximum Gasteiger partial charge on any atom is 0.328 e. The Morgan fingerprint density at radius 2 is 1.51 bits per heavy atom. The quantitative estimate of drug-likeness (QED) is 0.303. The van der Waals surface area contributed by atoms with Crippen molar-refractivity contribution in [2.24, 2.45) is 0 Å². The minimum Gasteiger partial charge on any atom is -0.467 e. The number of nitrogens with zero attached hydrogens (tertiary/aromatic N) is 1. The van der Waals surface area contributed by atoms with Crippen LogP contribution in [-0.2, 0) is 14.3 Å². The molecule has 1 fully saturated rings. The number of carbonyl (C=O) groups is 3. The highest BCUT2D eigenvalue weighted by molar-refractivity contribution is 6.21. The van der Waals surface area contributed by atoms with Gasteiger partial charge in [0.1, 0.15) is 23.1 Å². The number of hydrogen-bond acceptors (Lipinski definition) is 8. The molecule has 2 N–H and O–H groups in total. The monoisotopic (exact) mass is 531 g/mol. The van der Waals surface area contributed by atoms with E-state index in [4.69, 9.17) is 18.6 Å². The number of halogens is 1. The number of rotatable bonds is 9. The van der Waals surface area contributed by atoms with Gasteiger partial charge in [0.15, 0.2) is 5.76 Å². The first-order chi connectivity index (χ1) is 18.9. The van der Waals surface area contributed by atoms with Gasteiger partial charge in [-0.2, -0.15) is 0 Å². The van der Waals surface area contributed by atoms with Crippen molar-refractivity contribution in [2.45, 2.75) is 12.0 Å². The molecule has 198 valence electrons. The number of nitrogens with one attached hydrogen (secondary N) is 2. The minimum absolute atomic E-state index is 0.0475. The normalized spacial score (nSPS) is 14.5. The Morgan fingerprint density at radius 3 is 2.15 bits per heavy atom. The summed E-state index contributed by atoms with van der Waals surface area (Å²) in [4.78, 5) is 40.9. The number of carbonyl (C=O) groups excluding carboxylic acids is 3. The third-order valence-corrected chi connectivity index (χ3v) is 5.91. The maximum absolute atomic E-state index is 13.5. The molecule has 0 bridgehead atoms. The molecule has 1 aromatic heterocycles. The van der Waals surface area contributed by atoms with Gasteiger partial charge in [-0.3, -0.25) is 20.2 Å². The molecule has 11 heteroatoms. The molecular weight excluding hydrogens is 509 g/mol. The second kappa shape index (κ2) is 10.8. The summed E-state index contributed by atoms with van der Waals surface area (Å²) in [5.41, 5.74) is -0.669. The number of hydrogen-bond donors (Lipinski definition) is 2. The van der Waals surface area contributed by atoms with E-state index in [0.29, 0.717) is 34.3 Å². The van der Waals surface area contributed by atoms with Crippen molar-refractivity contribution < 1.29 is 37.4 Å². The minimum atomic E-state index is -1.96. The van der Waals surface area contributed by atoms with E-state index in [1.807, 2.05) is 0 Å². The van der Waals surface area contributed by atoms with Crippen molar-refractivity contribution in [3.8, 4) is 40.0 Å². The lowest BCUT2D eigenvalue weighted by Crippen LogP contribution is -2.69. The van der Waals surface area contributed by atoms with E-state index in [0.717, 1.165) is 0 Å². The lowest BCUT2D eigenvalue weighted by atomic mass is 9.95. The fraction of sp³-hybridized carbons (Fsp3) is 0.143. The van der Waals surface area contributed by atoms with E-state index in [9.17, 15) is 18.8 Å². The molecule has 4 aromatic rings. The topological polar surface area (TPSA) is 129 Å². The first-order valence-corrected chi connectivity index (χ1v) is 11.8. The fourth-order valence-electron chi connectivity index (χ4n) is 3.92. The molecule has 0 aliphatic carbocycles. The number of barbiturate groups is 1. The van der Waals surface area contributed by atoms with Gasteiger partial charge < -0.3 is 18.6 Å². The third kappa shape index (κ3) is 5.48. The van der Waals surface area contributed by atoms with Crippen molar-refractivity contribution in [2.75, 3.05) is 13.7 Å². The Bertz CT molecular complexity index is 1500. The molecular formula is C28H22FN3O7. The van der Waals surface area contributed by atoms with Crippen molar-refractivity contribution in [3.05, 3.63) is 84.8 Å². The van der Waals surface area contributed by atoms with Gasteiger partial charge in [0.25, 0.3) is 17.4 Å². The fourth-order valence-corrected chi connectivity index (χ4v) is 3.92. The van der Waals surface area contributed by atoms with Crippen LogP contribution in [0.5, 0.6) is 17.2 Å². The predicted octanol–water partition coefficient (Wildman–Crippen LogP) is 4.46. The van der Waals surface area contributed by atoms with E-state index in [1.54, 1.807) is 48.5 Å². The van der Waals surface area contributed by atoms with Gasteiger partial charge in [-0.25, -0.2) is 14.2 Å². The zero-order chi connectivity index (χ0) is 27.4. The zero-order valence-electron chi connectivity index (χ0n) is 20.6. The maximum atomic E-state index is 13.5. The van der Waals surface area contributed by atoms with Crippen LogP contribution in [0.2, 0.25) is 0 Å². The summed E-state index contributed by atoms with van der Waals surface area (Å²) in [6, 6.07) is 18.5. The smallest absolute Gasteiger partial charge is 0.328 e. The number of aromatic nitrogens is 1. The van der Waals surface area contributed by atoms with Gasteiger partial charge in [0, 0.05) is 24.7 Å². The molecule has 1 aliphatic heterocycles. The van der Waals surface area contributed by atoms with E-state index in [2.05, 4.69) is 15.6 Å². The number of ether oxygens (including phenoxy) is 3. The summed E-state index contributed by atoms with van der Waals surface area (Å²) < 4.78 is 36.0. The Kier molecular flexibility index (Phi) is 7.06. The number of imide groups is 2. The van der Waals surface area contributed by atoms with Gasteiger partial charge in [0.2, 0.25) is 5.89 Å². The molecule has 5 rings (SSSR count). The number of oxazole rings is 1. The van der Waals surface area contributed by atoms with Crippen molar-refractivity contribution in [1.29, 1.82) is 0 Å². The lowest BCUT2D eigenvalue weighted by Gasteiger charge is -2.34. The SMILES string of the molecule is COCCC1(Oc2ccc(Oc3ccc(-c4ncc(-c5cccc(F)c5)o4)cc3)cc2)C(=O)NC(=O)NC1=O. The van der Waals surface area contributed by atoms with Gasteiger partial charge in [-0.05, 0) is 60.7 Å². The van der Waals surface area contributed by atoms with Crippen LogP contribution in [0.15, 0.2) is 83.4 Å². The van der Waals surface area contributed by atoms with Gasteiger partial charge in [0.05, 0.1) is 12.8 Å². The van der Waals surface area contributed by atoms with Crippen molar-refractivity contribution >= 4 is 17.8 Å². The van der Waals surface area contributed by atoms with E-state index in [-0.39, 0.29) is 24.6 Å². The first-order valence-electron chi connectivity index (χ1n) is 11.8. The zero-order valence-corrected chi connectivity index (χ0v) is 20.6. The third-order valence-electron chi connectivity index (χ3n) is 5.91. The van der Waals surface area contributed by atoms with E-state index >= 15 is 0 Å². The van der Waals surface area contributed by atoms with Crippen LogP contribution in [0, 0.1) is 5.82 Å². The van der Waals surface area contributed by atoms with Crippen molar-refractivity contribution in [3.63, 3.8) is 0 Å². The van der Waals surface area contributed by atoms with Crippen LogP contribution < -0.4 is 20.1 Å². The van der Waals surface area contributed by atoms with E-state index in [1.165, 1.54) is 37.6 Å². The number of amides is 4. The second-order valence-electron chi connectivity index (χ2n) is 8.55. The van der Waals surface area contributed by atoms with Gasteiger partial charge >= 0.3 is 6.03 Å². The molecule has 1 aliphatic rings.